The van der Waals surface area contributed by atoms with Gasteiger partial charge in [-0.25, -0.2) is 4.98 Å². The Balaban J connectivity index is 2.31. The molecule has 2 rings (SSSR count). The number of pyridine rings is 1. The minimum absolute atomic E-state index is 0.0327. The monoisotopic (exact) mass is 260 g/mol. The summed E-state index contributed by atoms with van der Waals surface area (Å²) in [6.45, 7) is 1.74. The third-order valence-corrected chi connectivity index (χ3v) is 3.41. The molecule has 0 unspecified atom stereocenters. The van der Waals surface area contributed by atoms with Gasteiger partial charge in [0, 0.05) is 11.9 Å². The zero-order chi connectivity index (χ0) is 13.0. The van der Waals surface area contributed by atoms with Gasteiger partial charge in [0.15, 0.2) is 5.03 Å². The molecule has 0 bridgehead atoms. The van der Waals surface area contributed by atoms with E-state index in [4.69, 9.17) is 0 Å². The second kappa shape index (κ2) is 5.10. The Bertz CT molecular complexity index is 664. The molecule has 0 aliphatic carbocycles. The topological polar surface area (TPSA) is 59.4 Å². The summed E-state index contributed by atoms with van der Waals surface area (Å²) in [5, 5.41) is -0.0327. The van der Waals surface area contributed by atoms with E-state index in [0.717, 1.165) is 5.56 Å². The van der Waals surface area contributed by atoms with Crippen LogP contribution in [-0.2, 0) is 10.0 Å². The maximum atomic E-state index is 11.9. The zero-order valence-corrected chi connectivity index (χ0v) is 10.6. The Hall–Kier alpha value is -2.01. The van der Waals surface area contributed by atoms with E-state index in [0.29, 0.717) is 5.69 Å². The fourth-order valence-corrected chi connectivity index (χ4v) is 2.26. The molecule has 0 radical (unpaired) electrons. The molecule has 0 spiro atoms. The number of nitrogens with zero attached hydrogens (tertiary/aromatic N) is 2. The van der Waals surface area contributed by atoms with E-state index in [1.54, 1.807) is 31.2 Å². The Morgan fingerprint density at radius 3 is 2.44 bits per heavy atom. The van der Waals surface area contributed by atoms with Crippen molar-refractivity contribution in [3.8, 4) is 0 Å². The molecule has 18 heavy (non-hydrogen) atoms. The lowest BCUT2D eigenvalue weighted by atomic mass is 10.2. The van der Waals surface area contributed by atoms with Gasteiger partial charge in [0.1, 0.15) is 0 Å². The van der Waals surface area contributed by atoms with E-state index < -0.39 is 10.0 Å². The second-order valence-corrected chi connectivity index (χ2v) is 5.32. The molecule has 0 atom stereocenters. The first-order chi connectivity index (χ1) is 8.58. The first-order valence-corrected chi connectivity index (χ1v) is 6.81. The molecule has 5 heteroatoms. The maximum Gasteiger partial charge on any atom is 0.299 e. The minimum Gasteiger partial charge on any atom is -0.240 e. The fourth-order valence-electron chi connectivity index (χ4n) is 1.39. The largest absolute Gasteiger partial charge is 0.299 e. The van der Waals surface area contributed by atoms with Crippen molar-refractivity contribution in [3.63, 3.8) is 0 Å². The average Bonchev–Trinajstić information content (AvgIpc) is 2.38. The number of rotatable bonds is 3. The standard InChI is InChI=1S/C13H12N2O2S/c1-11-6-5-9-13(15-11)18(16,17)14-10-12-7-3-2-4-8-12/h2-10H,1H3/b14-10+. The van der Waals surface area contributed by atoms with Crippen molar-refractivity contribution in [1.29, 1.82) is 0 Å². The van der Waals surface area contributed by atoms with Crippen LogP contribution in [0.3, 0.4) is 0 Å². The highest BCUT2D eigenvalue weighted by atomic mass is 32.2. The van der Waals surface area contributed by atoms with Crippen LogP contribution in [0.25, 0.3) is 0 Å². The summed E-state index contributed by atoms with van der Waals surface area (Å²) in [4.78, 5) is 3.96. The van der Waals surface area contributed by atoms with Gasteiger partial charge in [-0.15, -0.1) is 0 Å². The summed E-state index contributed by atoms with van der Waals surface area (Å²) in [7, 11) is -3.72. The molecule has 0 amide bonds. The van der Waals surface area contributed by atoms with E-state index in [2.05, 4.69) is 9.38 Å². The SMILES string of the molecule is Cc1cccc(S(=O)(=O)/N=C/c2ccccc2)n1. The van der Waals surface area contributed by atoms with Crippen LogP contribution in [0.4, 0.5) is 0 Å². The first kappa shape index (κ1) is 12.4. The van der Waals surface area contributed by atoms with Crippen molar-refractivity contribution >= 4 is 16.2 Å². The molecular formula is C13H12N2O2S. The Morgan fingerprint density at radius 1 is 1.06 bits per heavy atom. The van der Waals surface area contributed by atoms with Gasteiger partial charge in [-0.1, -0.05) is 36.4 Å². The summed E-state index contributed by atoms with van der Waals surface area (Å²) in [5.74, 6) is 0. The molecule has 4 nitrogen and oxygen atoms in total. The van der Waals surface area contributed by atoms with Crippen molar-refractivity contribution in [1.82, 2.24) is 4.98 Å². The van der Waals surface area contributed by atoms with Gasteiger partial charge in [-0.05, 0) is 24.6 Å². The minimum atomic E-state index is -3.72. The highest BCUT2D eigenvalue weighted by molar-refractivity contribution is 7.90. The molecular weight excluding hydrogens is 248 g/mol. The van der Waals surface area contributed by atoms with Crippen molar-refractivity contribution < 1.29 is 8.42 Å². The summed E-state index contributed by atoms with van der Waals surface area (Å²) in [6, 6.07) is 13.9. The van der Waals surface area contributed by atoms with Gasteiger partial charge in [-0.3, -0.25) is 0 Å². The third kappa shape index (κ3) is 3.01. The molecule has 0 saturated heterocycles. The number of benzene rings is 1. The van der Waals surface area contributed by atoms with Crippen LogP contribution in [0.5, 0.6) is 0 Å². The number of aromatic nitrogens is 1. The van der Waals surface area contributed by atoms with E-state index in [9.17, 15) is 8.42 Å². The van der Waals surface area contributed by atoms with Crippen molar-refractivity contribution in [3.05, 3.63) is 59.8 Å². The maximum absolute atomic E-state index is 11.9. The second-order valence-electron chi connectivity index (χ2n) is 3.74. The average molecular weight is 260 g/mol. The highest BCUT2D eigenvalue weighted by Gasteiger charge is 2.12. The van der Waals surface area contributed by atoms with Gasteiger partial charge in [0.2, 0.25) is 0 Å². The number of hydrogen-bond acceptors (Lipinski definition) is 3. The third-order valence-electron chi connectivity index (χ3n) is 2.27. The first-order valence-electron chi connectivity index (χ1n) is 5.37. The van der Waals surface area contributed by atoms with Crippen LogP contribution in [0, 0.1) is 6.92 Å². The molecule has 1 aromatic carbocycles. The molecule has 1 aromatic heterocycles. The molecule has 0 saturated carbocycles. The molecule has 0 aliphatic heterocycles. The highest BCUT2D eigenvalue weighted by Crippen LogP contribution is 2.09. The Labute approximate surface area is 106 Å². The molecule has 0 fully saturated rings. The summed E-state index contributed by atoms with van der Waals surface area (Å²) in [5.41, 5.74) is 1.37. The van der Waals surface area contributed by atoms with Gasteiger partial charge in [0.25, 0.3) is 10.0 Å². The van der Waals surface area contributed by atoms with E-state index in [1.165, 1.54) is 12.3 Å². The van der Waals surface area contributed by atoms with E-state index >= 15 is 0 Å². The lowest BCUT2D eigenvalue weighted by Crippen LogP contribution is -2.01. The van der Waals surface area contributed by atoms with Gasteiger partial charge in [0.05, 0.1) is 0 Å². The smallest absolute Gasteiger partial charge is 0.240 e. The number of aryl methyl sites for hydroxylation is 1. The van der Waals surface area contributed by atoms with Crippen molar-refractivity contribution in [2.45, 2.75) is 11.9 Å². The van der Waals surface area contributed by atoms with Crippen LogP contribution in [0.2, 0.25) is 0 Å². The van der Waals surface area contributed by atoms with Crippen molar-refractivity contribution in [2.75, 3.05) is 0 Å². The predicted octanol–water partition coefficient (Wildman–Crippen LogP) is 2.20. The number of sulfonamides is 1. The van der Waals surface area contributed by atoms with Crippen LogP contribution in [0.15, 0.2) is 58.0 Å². The molecule has 2 aromatic rings. The summed E-state index contributed by atoms with van der Waals surface area (Å²) < 4.78 is 27.4. The van der Waals surface area contributed by atoms with Gasteiger partial charge < -0.3 is 0 Å². The van der Waals surface area contributed by atoms with Crippen LogP contribution >= 0.6 is 0 Å². The molecule has 0 aliphatic rings. The van der Waals surface area contributed by atoms with Gasteiger partial charge in [-0.2, -0.15) is 12.8 Å². The Morgan fingerprint density at radius 2 is 1.78 bits per heavy atom. The molecule has 0 N–H and O–H groups in total. The van der Waals surface area contributed by atoms with Crippen LogP contribution in [-0.4, -0.2) is 19.6 Å². The number of hydrogen-bond donors (Lipinski definition) is 0. The lowest BCUT2D eigenvalue weighted by Gasteiger charge is -1.98. The fraction of sp³-hybridized carbons (Fsp3) is 0.0769. The predicted molar refractivity (Wildman–Crippen MR) is 70.2 cm³/mol. The molecule has 1 heterocycles. The van der Waals surface area contributed by atoms with E-state index in [1.807, 2.05) is 18.2 Å². The normalized spacial score (nSPS) is 11.8. The van der Waals surface area contributed by atoms with Crippen LogP contribution in [0.1, 0.15) is 11.3 Å². The lowest BCUT2D eigenvalue weighted by molar-refractivity contribution is 0.594. The summed E-state index contributed by atoms with van der Waals surface area (Å²) >= 11 is 0. The van der Waals surface area contributed by atoms with Crippen LogP contribution < -0.4 is 0 Å². The zero-order valence-electron chi connectivity index (χ0n) is 9.82. The Kier molecular flexibility index (Phi) is 3.53. The quantitative estimate of drug-likeness (QED) is 0.795. The molecule has 92 valence electrons. The van der Waals surface area contributed by atoms with Gasteiger partial charge >= 0.3 is 0 Å². The summed E-state index contributed by atoms with van der Waals surface area (Å²) in [6.07, 6.45) is 1.32. The van der Waals surface area contributed by atoms with E-state index in [-0.39, 0.29) is 5.03 Å². The van der Waals surface area contributed by atoms with Crippen molar-refractivity contribution in [2.24, 2.45) is 4.40 Å².